The maximum atomic E-state index is 13.5. The van der Waals surface area contributed by atoms with Gasteiger partial charge in [-0.3, -0.25) is 14.5 Å². The van der Waals surface area contributed by atoms with E-state index in [4.69, 9.17) is 36.9 Å². The van der Waals surface area contributed by atoms with Gasteiger partial charge in [0.25, 0.3) is 0 Å². The highest BCUT2D eigenvalue weighted by molar-refractivity contribution is 7.17. The number of rotatable bonds is 13. The summed E-state index contributed by atoms with van der Waals surface area (Å²) in [5, 5.41) is 52.7. The summed E-state index contributed by atoms with van der Waals surface area (Å²) in [5.74, 6) is -0.628. The van der Waals surface area contributed by atoms with Crippen LogP contribution in [0.25, 0.3) is 33.5 Å². The molecule has 4 fully saturated rings. The van der Waals surface area contributed by atoms with Gasteiger partial charge in [-0.1, -0.05) is 36.5 Å². The molecule has 10 heterocycles. The quantitative estimate of drug-likeness (QED) is 0.0950. The van der Waals surface area contributed by atoms with Crippen LogP contribution in [-0.2, 0) is 22.4 Å². The number of β-amino-alcohol motifs (C(OH)–C–C–N with tert-alkyl or cyclic N) is 2. The number of aliphatic hydroxyl groups is 2. The van der Waals surface area contributed by atoms with Crippen molar-refractivity contribution >= 4 is 90.1 Å². The molecule has 25 heteroatoms. The predicted octanol–water partition coefficient (Wildman–Crippen LogP) is 7.54. The predicted molar refractivity (Wildman–Crippen MR) is 329 cm³/mol. The van der Waals surface area contributed by atoms with Crippen LogP contribution in [0.2, 0.25) is 0 Å². The molecule has 0 saturated carbocycles. The maximum Gasteiger partial charge on any atom is 0.237 e. The number of hydrogen-bond acceptors (Lipinski definition) is 18. The summed E-state index contributed by atoms with van der Waals surface area (Å²) in [6.07, 6.45) is 6.07. The van der Waals surface area contributed by atoms with Gasteiger partial charge in [-0.25, -0.2) is 27.8 Å². The van der Waals surface area contributed by atoms with E-state index in [0.29, 0.717) is 82.5 Å². The first kappa shape index (κ1) is 60.3. The zero-order valence-corrected chi connectivity index (χ0v) is 50.2. The Morgan fingerprint density at radius 2 is 1.09 bits per heavy atom. The maximum absolute atomic E-state index is 13.5. The zero-order valence-electron chi connectivity index (χ0n) is 47.8. The Balaban J connectivity index is 0.000000166. The molecule has 0 bridgehead atoms. The average Bonchev–Trinajstić information content (AvgIpc) is 4.55. The molecule has 0 unspecified atom stereocenters. The number of nitrogens with zero attached hydrogens (tertiary/aromatic N) is 15. The number of piperazine rings is 2. The molecule has 12 rings (SSSR count). The van der Waals surface area contributed by atoms with Gasteiger partial charge in [0.1, 0.15) is 50.8 Å². The first-order valence-electron chi connectivity index (χ1n) is 28.4. The molecule has 0 spiro atoms. The van der Waals surface area contributed by atoms with E-state index in [0.717, 1.165) is 110 Å². The first-order valence-corrected chi connectivity index (χ1v) is 30.6. The van der Waals surface area contributed by atoms with E-state index >= 15 is 0 Å². The number of amides is 2. The van der Waals surface area contributed by atoms with Crippen molar-refractivity contribution in [3.05, 3.63) is 118 Å². The third-order valence-electron chi connectivity index (χ3n) is 15.6. The van der Waals surface area contributed by atoms with Gasteiger partial charge in [0.2, 0.25) is 11.8 Å². The second-order valence-corrected chi connectivity index (χ2v) is 23.4. The average molecular weight is 1210 g/mol. The molecule has 8 aromatic rings. The number of nitriles is 2. The molecule has 2 atom stereocenters. The number of aromatic nitrogens is 6. The van der Waals surface area contributed by atoms with Crippen LogP contribution in [0.4, 0.5) is 41.8 Å². The van der Waals surface area contributed by atoms with Gasteiger partial charge in [-0.15, -0.1) is 11.6 Å². The van der Waals surface area contributed by atoms with E-state index in [1.54, 1.807) is 34.1 Å². The summed E-state index contributed by atoms with van der Waals surface area (Å²) >= 11 is 7.94. The second-order valence-electron chi connectivity index (χ2n) is 21.1. The van der Waals surface area contributed by atoms with Crippen LogP contribution in [0, 0.1) is 34.3 Å². The monoisotopic (exact) mass is 1210 g/mol. The minimum atomic E-state index is -0.401. The Labute approximate surface area is 504 Å². The van der Waals surface area contributed by atoms with E-state index < -0.39 is 6.10 Å². The summed E-state index contributed by atoms with van der Waals surface area (Å²) in [5.41, 5.74) is 10.5. The van der Waals surface area contributed by atoms with Crippen molar-refractivity contribution in [1.82, 2.24) is 49.2 Å². The number of aryl methyl sites for hydroxylation is 2. The van der Waals surface area contributed by atoms with E-state index in [2.05, 4.69) is 70.3 Å². The number of aliphatic hydroxyl groups excluding tert-OH is 2. The fraction of sp³-hybridized carbons (Fsp3) is 0.400. The van der Waals surface area contributed by atoms with E-state index in [1.165, 1.54) is 52.6 Å². The number of alkyl halides is 1. The van der Waals surface area contributed by atoms with E-state index in [1.807, 2.05) is 45.3 Å². The second kappa shape index (κ2) is 27.1. The van der Waals surface area contributed by atoms with Gasteiger partial charge in [-0.05, 0) is 98.5 Å². The molecule has 6 aromatic heterocycles. The van der Waals surface area contributed by atoms with Crippen LogP contribution in [-0.4, -0.2) is 183 Å². The molecular weight excluding hydrogens is 1150 g/mol. The molecule has 2 amide bonds. The van der Waals surface area contributed by atoms with Crippen LogP contribution in [0.3, 0.4) is 0 Å². The van der Waals surface area contributed by atoms with Gasteiger partial charge in [0, 0.05) is 128 Å². The summed E-state index contributed by atoms with van der Waals surface area (Å²) in [6, 6.07) is 25.1. The lowest BCUT2D eigenvalue weighted by Gasteiger charge is -2.36. The van der Waals surface area contributed by atoms with Crippen molar-refractivity contribution in [3.63, 3.8) is 0 Å². The third kappa shape index (κ3) is 13.5. The Morgan fingerprint density at radius 3 is 1.49 bits per heavy atom. The van der Waals surface area contributed by atoms with E-state index in [9.17, 15) is 34.0 Å². The van der Waals surface area contributed by atoms with Crippen LogP contribution in [0.1, 0.15) is 47.8 Å². The summed E-state index contributed by atoms with van der Waals surface area (Å²) < 4.78 is 30.7. The highest BCUT2D eigenvalue weighted by Crippen LogP contribution is 2.41. The molecule has 444 valence electrons. The SMILES string of the molecule is CCc1nn2ccc(N3CCN(CC(=O)N4CC[C@@H](O)C4)CC3)cc2c1N(C)c1nc(-c2ccc(F)cc2)c(C#N)s1.CCc1nn2ccc(N3CCNCC3)cc2c1N(C)c1nc(-c2ccc(F)cc2)c(C#N)s1.O=C(CCl)N1CC[C@@H](O)C1. The highest BCUT2D eigenvalue weighted by atomic mass is 35.5. The minimum absolute atomic E-state index is 0.0206. The molecule has 20 nitrogen and oxygen atoms in total. The van der Waals surface area contributed by atoms with Crippen LogP contribution < -0.4 is 24.9 Å². The van der Waals surface area contributed by atoms with Crippen molar-refractivity contribution in [3.8, 4) is 34.7 Å². The molecule has 0 aliphatic carbocycles. The number of halogens is 3. The van der Waals surface area contributed by atoms with Crippen molar-refractivity contribution in [2.75, 3.05) is 125 Å². The van der Waals surface area contributed by atoms with Crippen molar-refractivity contribution < 1.29 is 28.6 Å². The largest absolute Gasteiger partial charge is 0.391 e. The molecule has 3 N–H and O–H groups in total. The van der Waals surface area contributed by atoms with E-state index in [-0.39, 0.29) is 35.4 Å². The summed E-state index contributed by atoms with van der Waals surface area (Å²) in [7, 11) is 3.90. The molecule has 0 radical (unpaired) electrons. The fourth-order valence-corrected chi connectivity index (χ4v) is 12.9. The Bertz CT molecular complexity index is 3730. The number of likely N-dealkylation sites (tertiary alicyclic amines) is 2. The molecular formula is C60H67ClF2N16O4S2. The Morgan fingerprint density at radius 1 is 0.659 bits per heavy atom. The zero-order chi connectivity index (χ0) is 59.9. The minimum Gasteiger partial charge on any atom is -0.391 e. The van der Waals surface area contributed by atoms with Crippen molar-refractivity contribution in [2.45, 2.75) is 51.7 Å². The number of thiazole rings is 2. The number of benzene rings is 2. The topological polar surface area (TPSA) is 217 Å². The third-order valence-corrected chi connectivity index (χ3v) is 17.9. The Hall–Kier alpha value is -7.81. The fourth-order valence-electron chi connectivity index (χ4n) is 11.0. The van der Waals surface area contributed by atoms with Gasteiger partial charge in [0.15, 0.2) is 10.3 Å². The van der Waals surface area contributed by atoms with Crippen molar-refractivity contribution in [2.24, 2.45) is 0 Å². The number of carbonyl (C=O) groups is 2. The summed E-state index contributed by atoms with van der Waals surface area (Å²) in [4.78, 5) is 48.3. The molecule has 2 aromatic carbocycles. The molecule has 85 heavy (non-hydrogen) atoms. The lowest BCUT2D eigenvalue weighted by molar-refractivity contribution is -0.131. The smallest absolute Gasteiger partial charge is 0.237 e. The van der Waals surface area contributed by atoms with Gasteiger partial charge < -0.3 is 44.9 Å². The number of pyridine rings is 2. The van der Waals surface area contributed by atoms with Crippen LogP contribution >= 0.6 is 34.3 Å². The Kier molecular flexibility index (Phi) is 19.2. The lowest BCUT2D eigenvalue weighted by atomic mass is 10.1. The molecule has 4 saturated heterocycles. The number of carbonyl (C=O) groups excluding carboxylic acids is 2. The summed E-state index contributed by atoms with van der Waals surface area (Å²) in [6.45, 7) is 13.7. The number of hydrogen-bond donors (Lipinski definition) is 3. The van der Waals surface area contributed by atoms with Gasteiger partial charge in [0.05, 0.1) is 52.5 Å². The number of fused-ring (bicyclic) bond motifs is 2. The molecule has 4 aliphatic rings. The van der Waals surface area contributed by atoms with Crippen LogP contribution in [0.5, 0.6) is 0 Å². The van der Waals surface area contributed by atoms with Gasteiger partial charge in [-0.2, -0.15) is 20.7 Å². The normalized spacial score (nSPS) is 17.1. The van der Waals surface area contributed by atoms with Gasteiger partial charge >= 0.3 is 0 Å². The van der Waals surface area contributed by atoms with Crippen molar-refractivity contribution in [1.29, 1.82) is 10.5 Å². The number of nitrogens with one attached hydrogen (secondary N) is 1. The standard InChI is InChI=1S/C30H33FN8O2S.C24H24FN7S.C6H10ClNO2/c1-3-24-29(35(2)30-33-28(26(17-32)42-30)20-4-6-21(31)7-5-20)25-16-22(8-11-39(25)34-24)37-14-12-36(13-15-37)19-27(41)38-10-9-23(40)18-38;1-3-19-23(20-14-18(8-11-32(20)29-19)31-12-9-27-10-13-31)30(2)24-28-22(21(15-26)33-24)16-4-6-17(25)7-5-16;7-3-6(10)8-2-1-5(9)4-8/h4-8,11,16,23,40H,3,9-10,12-15,18-19H2,1-2H3;4-8,11,14,27H,3,9-10,12-13H2,1-2H3;5,9H,1-4H2/t23-;;5-/m1.1/s1. The first-order chi connectivity index (χ1) is 41.2. The molecule has 4 aliphatic heterocycles. The van der Waals surface area contributed by atoms with Crippen LogP contribution in [0.15, 0.2) is 85.2 Å². The number of anilines is 6. The highest BCUT2D eigenvalue weighted by Gasteiger charge is 2.30. The lowest BCUT2D eigenvalue weighted by Crippen LogP contribution is -2.50.